The molecule has 0 unspecified atom stereocenters. The second-order valence-corrected chi connectivity index (χ2v) is 7.21. The van der Waals surface area contributed by atoms with Crippen LogP contribution in [0.2, 0.25) is 0 Å². The molecule has 20 heavy (non-hydrogen) atoms. The zero-order valence-electron chi connectivity index (χ0n) is 11.7. The Hall–Kier alpha value is -1.09. The van der Waals surface area contributed by atoms with Gasteiger partial charge in [-0.25, -0.2) is 13.1 Å². The van der Waals surface area contributed by atoms with Gasteiger partial charge in [0.2, 0.25) is 10.0 Å². The Balaban J connectivity index is 2.20. The van der Waals surface area contributed by atoms with Crippen molar-refractivity contribution in [3.05, 3.63) is 18.2 Å². The molecule has 8 heteroatoms. The maximum Gasteiger partial charge on any atom is 0.243 e. The third kappa shape index (κ3) is 3.51. The van der Waals surface area contributed by atoms with Crippen molar-refractivity contribution in [3.8, 4) is 0 Å². The maximum absolute atomic E-state index is 12.4. The highest BCUT2D eigenvalue weighted by molar-refractivity contribution is 7.89. The second kappa shape index (κ2) is 6.13. The van der Waals surface area contributed by atoms with Crippen molar-refractivity contribution in [2.75, 3.05) is 20.6 Å². The Morgan fingerprint density at radius 3 is 2.80 bits per heavy atom. The first-order valence-electron chi connectivity index (χ1n) is 6.28. The highest BCUT2D eigenvalue weighted by atomic mass is 32.2. The van der Waals surface area contributed by atoms with E-state index in [1.54, 1.807) is 18.2 Å². The summed E-state index contributed by atoms with van der Waals surface area (Å²) >= 11 is 1.02. The third-order valence-corrected chi connectivity index (χ3v) is 5.07. The van der Waals surface area contributed by atoms with Crippen LogP contribution in [-0.4, -0.2) is 48.7 Å². The lowest BCUT2D eigenvalue weighted by Crippen LogP contribution is -2.34. The van der Waals surface area contributed by atoms with Crippen LogP contribution in [0.3, 0.4) is 0 Å². The van der Waals surface area contributed by atoms with Crippen LogP contribution in [0.15, 0.2) is 23.1 Å². The summed E-state index contributed by atoms with van der Waals surface area (Å²) in [6, 6.07) is 4.87. The normalized spacial score (nSPS) is 14.0. The highest BCUT2D eigenvalue weighted by Gasteiger charge is 2.21. The van der Waals surface area contributed by atoms with E-state index in [0.717, 1.165) is 24.7 Å². The van der Waals surface area contributed by atoms with Crippen LogP contribution in [0.25, 0.3) is 11.0 Å². The summed E-state index contributed by atoms with van der Waals surface area (Å²) in [4.78, 5) is 2.22. The van der Waals surface area contributed by atoms with Crippen molar-refractivity contribution in [2.45, 2.75) is 24.3 Å². The fourth-order valence-corrected chi connectivity index (χ4v) is 3.88. The van der Waals surface area contributed by atoms with E-state index in [4.69, 9.17) is 0 Å². The standard InChI is InChI=1S/C12H18N4O2S2/c1-9(7-8-16(2)3)15-20(17,18)11-6-4-5-10-12(11)14-19-13-10/h4-6,9,15H,7-8H2,1-3H3/t9-/m0/s1. The van der Waals surface area contributed by atoms with Crippen LogP contribution in [0.5, 0.6) is 0 Å². The van der Waals surface area contributed by atoms with E-state index < -0.39 is 10.0 Å². The lowest BCUT2D eigenvalue weighted by molar-refractivity contribution is 0.379. The molecule has 0 aliphatic heterocycles. The number of benzene rings is 1. The van der Waals surface area contributed by atoms with E-state index in [-0.39, 0.29) is 10.9 Å². The number of rotatable bonds is 6. The SMILES string of the molecule is C[C@@H](CCN(C)C)NS(=O)(=O)c1cccc2nsnc12. The molecule has 1 atom stereocenters. The Bertz CT molecular complexity index is 682. The monoisotopic (exact) mass is 314 g/mol. The average Bonchev–Trinajstić information content (AvgIpc) is 2.83. The molecule has 2 rings (SSSR count). The highest BCUT2D eigenvalue weighted by Crippen LogP contribution is 2.21. The van der Waals surface area contributed by atoms with E-state index in [1.165, 1.54) is 0 Å². The summed E-state index contributed by atoms with van der Waals surface area (Å²) < 4.78 is 35.6. The van der Waals surface area contributed by atoms with E-state index >= 15 is 0 Å². The fraction of sp³-hybridized carbons (Fsp3) is 0.500. The van der Waals surface area contributed by atoms with Crippen LogP contribution in [0.4, 0.5) is 0 Å². The minimum Gasteiger partial charge on any atom is -0.309 e. The number of nitrogens with one attached hydrogen (secondary N) is 1. The zero-order valence-corrected chi connectivity index (χ0v) is 13.3. The average molecular weight is 314 g/mol. The van der Waals surface area contributed by atoms with Gasteiger partial charge in [-0.05, 0) is 46.1 Å². The molecule has 0 amide bonds. The second-order valence-electron chi connectivity index (χ2n) is 5.00. The maximum atomic E-state index is 12.4. The molecule has 0 fully saturated rings. The molecule has 1 heterocycles. The number of fused-ring (bicyclic) bond motifs is 1. The first-order chi connectivity index (χ1) is 9.40. The molecule has 1 aromatic carbocycles. The summed E-state index contributed by atoms with van der Waals surface area (Å²) in [6.07, 6.45) is 0.748. The van der Waals surface area contributed by atoms with Crippen molar-refractivity contribution in [1.82, 2.24) is 18.4 Å². The molecular formula is C12H18N4O2S2. The number of aromatic nitrogens is 2. The van der Waals surface area contributed by atoms with E-state index in [1.807, 2.05) is 25.9 Å². The minimum absolute atomic E-state index is 0.135. The molecule has 110 valence electrons. The predicted octanol–water partition coefficient (Wildman–Crippen LogP) is 1.31. The number of hydrogen-bond donors (Lipinski definition) is 1. The van der Waals surface area contributed by atoms with Crippen molar-refractivity contribution in [2.24, 2.45) is 0 Å². The van der Waals surface area contributed by atoms with Gasteiger partial charge in [-0.1, -0.05) is 6.07 Å². The smallest absolute Gasteiger partial charge is 0.243 e. The van der Waals surface area contributed by atoms with Gasteiger partial charge in [0.15, 0.2) is 0 Å². The summed E-state index contributed by atoms with van der Waals surface area (Å²) in [5.41, 5.74) is 1.05. The Labute approximate surface area is 123 Å². The van der Waals surface area contributed by atoms with Crippen molar-refractivity contribution < 1.29 is 8.42 Å². The predicted molar refractivity (Wildman–Crippen MR) is 80.4 cm³/mol. The van der Waals surface area contributed by atoms with Gasteiger partial charge in [0, 0.05) is 6.04 Å². The molecule has 6 nitrogen and oxygen atoms in total. The summed E-state index contributed by atoms with van der Waals surface area (Å²) in [7, 11) is 0.354. The van der Waals surface area contributed by atoms with Gasteiger partial charge in [-0.2, -0.15) is 8.75 Å². The quantitative estimate of drug-likeness (QED) is 0.870. The van der Waals surface area contributed by atoms with Crippen LogP contribution in [-0.2, 0) is 10.0 Å². The zero-order chi connectivity index (χ0) is 14.8. The minimum atomic E-state index is -3.57. The van der Waals surface area contributed by atoms with Gasteiger partial charge in [0.05, 0.1) is 11.7 Å². The van der Waals surface area contributed by atoms with Crippen molar-refractivity contribution in [3.63, 3.8) is 0 Å². The Kier molecular flexibility index (Phi) is 4.69. The number of nitrogens with zero attached hydrogens (tertiary/aromatic N) is 3. The molecule has 2 aromatic rings. The first-order valence-corrected chi connectivity index (χ1v) is 8.50. The van der Waals surface area contributed by atoms with Crippen LogP contribution >= 0.6 is 11.7 Å². The number of sulfonamides is 1. The summed E-state index contributed by atoms with van der Waals surface area (Å²) in [5, 5.41) is 0. The molecule has 0 aliphatic rings. The van der Waals surface area contributed by atoms with Gasteiger partial charge >= 0.3 is 0 Å². The molecule has 0 bridgehead atoms. The van der Waals surface area contributed by atoms with Gasteiger partial charge in [0.1, 0.15) is 15.9 Å². The van der Waals surface area contributed by atoms with Crippen molar-refractivity contribution >= 4 is 32.8 Å². The third-order valence-electron chi connectivity index (χ3n) is 2.90. The first kappa shape index (κ1) is 15.3. The summed E-state index contributed by atoms with van der Waals surface area (Å²) in [5.74, 6) is 0. The van der Waals surface area contributed by atoms with Gasteiger partial charge in [-0.15, -0.1) is 0 Å². The topological polar surface area (TPSA) is 75.2 Å². The Morgan fingerprint density at radius 2 is 2.10 bits per heavy atom. The molecule has 0 spiro atoms. The summed E-state index contributed by atoms with van der Waals surface area (Å²) in [6.45, 7) is 2.69. The van der Waals surface area contributed by atoms with E-state index in [9.17, 15) is 8.42 Å². The van der Waals surface area contributed by atoms with Crippen molar-refractivity contribution in [1.29, 1.82) is 0 Å². The molecule has 0 saturated heterocycles. The molecule has 1 aromatic heterocycles. The lowest BCUT2D eigenvalue weighted by atomic mass is 10.2. The Morgan fingerprint density at radius 1 is 1.35 bits per heavy atom. The number of hydrogen-bond acceptors (Lipinski definition) is 6. The lowest BCUT2D eigenvalue weighted by Gasteiger charge is -2.16. The molecule has 0 aliphatic carbocycles. The van der Waals surface area contributed by atoms with E-state index in [0.29, 0.717) is 11.0 Å². The van der Waals surface area contributed by atoms with Gasteiger partial charge in [-0.3, -0.25) is 0 Å². The van der Waals surface area contributed by atoms with Crippen LogP contribution < -0.4 is 4.72 Å². The van der Waals surface area contributed by atoms with Gasteiger partial charge < -0.3 is 4.90 Å². The van der Waals surface area contributed by atoms with Crippen LogP contribution in [0.1, 0.15) is 13.3 Å². The van der Waals surface area contributed by atoms with E-state index in [2.05, 4.69) is 13.5 Å². The fourth-order valence-electron chi connectivity index (χ4n) is 1.84. The molecule has 0 radical (unpaired) electrons. The largest absolute Gasteiger partial charge is 0.309 e. The molecule has 0 saturated carbocycles. The van der Waals surface area contributed by atoms with Crippen LogP contribution in [0, 0.1) is 0 Å². The van der Waals surface area contributed by atoms with Gasteiger partial charge in [0.25, 0.3) is 0 Å². The molecular weight excluding hydrogens is 296 g/mol. The molecule has 1 N–H and O–H groups in total.